The van der Waals surface area contributed by atoms with Gasteiger partial charge in [-0.15, -0.1) is 0 Å². The Morgan fingerprint density at radius 2 is 2.15 bits per heavy atom. The smallest absolute Gasteiger partial charge is 0.0881 e. The van der Waals surface area contributed by atoms with E-state index in [2.05, 4.69) is 29.9 Å². The van der Waals surface area contributed by atoms with Crippen LogP contribution < -0.4 is 0 Å². The van der Waals surface area contributed by atoms with Crippen LogP contribution in [0.2, 0.25) is 0 Å². The van der Waals surface area contributed by atoms with Crippen molar-refractivity contribution < 1.29 is 0 Å². The Kier molecular flexibility index (Phi) is 2.71. The summed E-state index contributed by atoms with van der Waals surface area (Å²) in [5.41, 5.74) is 3.44. The van der Waals surface area contributed by atoms with Crippen LogP contribution in [0.5, 0.6) is 0 Å². The molecule has 0 aliphatic heterocycles. The highest BCUT2D eigenvalue weighted by molar-refractivity contribution is 5.75. The third-order valence-electron chi connectivity index (χ3n) is 2.03. The van der Waals surface area contributed by atoms with Gasteiger partial charge < -0.3 is 4.98 Å². The molecule has 0 radical (unpaired) electrons. The van der Waals surface area contributed by atoms with E-state index in [0.717, 1.165) is 11.0 Å². The van der Waals surface area contributed by atoms with Gasteiger partial charge in [0.25, 0.3) is 0 Å². The zero-order valence-corrected chi connectivity index (χ0v) is 7.33. The van der Waals surface area contributed by atoms with Gasteiger partial charge in [0.15, 0.2) is 0 Å². The molecule has 2 aromatic rings. The molecule has 2 nitrogen and oxygen atoms in total. The van der Waals surface area contributed by atoms with Crippen molar-refractivity contribution in [1.29, 1.82) is 0 Å². The number of nitrogens with one attached hydrogen (secondary N) is 1. The lowest BCUT2D eigenvalue weighted by atomic mass is 10.1. The minimum absolute atomic E-state index is 0. The Morgan fingerprint density at radius 3 is 2.77 bits per heavy atom. The van der Waals surface area contributed by atoms with Gasteiger partial charge >= 0.3 is 0 Å². The summed E-state index contributed by atoms with van der Waals surface area (Å²) in [5.74, 6) is 0.541. The number of hydrogen-bond donors (Lipinski definition) is 1. The first kappa shape index (κ1) is 9.78. The summed E-state index contributed by atoms with van der Waals surface area (Å²) in [6.07, 6.45) is 1.82. The highest BCUT2D eigenvalue weighted by Gasteiger charge is 2.03. The molecule has 0 unspecified atom stereocenters. The van der Waals surface area contributed by atoms with Crippen LogP contribution in [0.3, 0.4) is 0 Å². The molecule has 1 N–H and O–H groups in total. The van der Waals surface area contributed by atoms with Crippen LogP contribution in [-0.2, 0) is 0 Å². The Balaban J connectivity index is 0.000000845. The topological polar surface area (TPSA) is 28.7 Å². The van der Waals surface area contributed by atoms with Gasteiger partial charge in [0.05, 0.1) is 11.0 Å². The molecule has 2 aromatic heterocycles. The normalized spacial score (nSPS) is 10.4. The number of nitrogens with zero attached hydrogens (tertiary/aromatic N) is 1. The molecule has 2 rings (SSSR count). The molecule has 0 saturated carbocycles. The lowest BCUT2D eigenvalue weighted by molar-refractivity contribution is 0.836. The molecule has 2 heterocycles. The van der Waals surface area contributed by atoms with Crippen LogP contribution in [0.1, 0.15) is 32.9 Å². The van der Waals surface area contributed by atoms with Crippen molar-refractivity contribution in [2.24, 2.45) is 0 Å². The number of aromatic amines is 1. The molecule has 2 heteroatoms. The molecule has 70 valence electrons. The molecule has 0 aliphatic rings. The molecule has 0 saturated heterocycles. The number of rotatable bonds is 1. The molecule has 0 bridgehead atoms. The summed E-state index contributed by atoms with van der Waals surface area (Å²) < 4.78 is 0. The number of hydrogen-bond acceptors (Lipinski definition) is 1. The van der Waals surface area contributed by atoms with Crippen LogP contribution in [-0.4, -0.2) is 9.97 Å². The third kappa shape index (κ3) is 1.72. The first-order valence-electron chi connectivity index (χ1n) is 4.21. The lowest BCUT2D eigenvalue weighted by Crippen LogP contribution is -1.84. The maximum Gasteiger partial charge on any atom is 0.0881 e. The van der Waals surface area contributed by atoms with Crippen molar-refractivity contribution in [3.05, 3.63) is 30.1 Å². The summed E-state index contributed by atoms with van der Waals surface area (Å²) >= 11 is 0. The average molecular weight is 176 g/mol. The van der Waals surface area contributed by atoms with E-state index >= 15 is 0 Å². The van der Waals surface area contributed by atoms with Gasteiger partial charge in [-0.25, -0.2) is 0 Å². The third-order valence-corrected chi connectivity index (χ3v) is 2.03. The molecular formula is C11H16N2. The van der Waals surface area contributed by atoms with Gasteiger partial charge in [0.2, 0.25) is 0 Å². The maximum absolute atomic E-state index is 4.25. The summed E-state index contributed by atoms with van der Waals surface area (Å²) in [5, 5.41) is 0. The van der Waals surface area contributed by atoms with Crippen LogP contribution >= 0.6 is 0 Å². The second-order valence-corrected chi connectivity index (χ2v) is 3.32. The summed E-state index contributed by atoms with van der Waals surface area (Å²) in [6, 6.07) is 6.11. The monoisotopic (exact) mass is 176 g/mol. The highest BCUT2D eigenvalue weighted by atomic mass is 14.8. The van der Waals surface area contributed by atoms with Crippen LogP contribution in [0.4, 0.5) is 0 Å². The fraction of sp³-hybridized carbons (Fsp3) is 0.364. The Bertz CT molecular complexity index is 355. The van der Waals surface area contributed by atoms with Gasteiger partial charge in [-0.2, -0.15) is 0 Å². The molecule has 0 aliphatic carbocycles. The number of aromatic nitrogens is 2. The minimum Gasteiger partial charge on any atom is -0.357 e. The Labute approximate surface area is 79.0 Å². The molecule has 0 fully saturated rings. The molecule has 0 spiro atoms. The Hall–Kier alpha value is -1.31. The van der Waals surface area contributed by atoms with Gasteiger partial charge in [-0.1, -0.05) is 21.3 Å². The van der Waals surface area contributed by atoms with E-state index in [-0.39, 0.29) is 7.43 Å². The lowest BCUT2D eigenvalue weighted by Gasteiger charge is -1.97. The van der Waals surface area contributed by atoms with Crippen LogP contribution in [0.25, 0.3) is 11.0 Å². The standard InChI is InChI=1S/C10H12N2.CH4/c1-7(2)9-6-10-8(12-9)4-3-5-11-10;/h3-7,12H,1-2H3;1H4. The average Bonchev–Trinajstić information content (AvgIpc) is 2.46. The Morgan fingerprint density at radius 1 is 1.38 bits per heavy atom. The van der Waals surface area contributed by atoms with E-state index < -0.39 is 0 Å². The van der Waals surface area contributed by atoms with Crippen molar-refractivity contribution in [3.8, 4) is 0 Å². The number of pyridine rings is 1. The van der Waals surface area contributed by atoms with Crippen molar-refractivity contribution in [2.75, 3.05) is 0 Å². The van der Waals surface area contributed by atoms with Crippen molar-refractivity contribution in [1.82, 2.24) is 9.97 Å². The van der Waals surface area contributed by atoms with Crippen LogP contribution in [0, 0.1) is 0 Å². The van der Waals surface area contributed by atoms with E-state index in [4.69, 9.17) is 0 Å². The van der Waals surface area contributed by atoms with E-state index in [0.29, 0.717) is 5.92 Å². The first-order chi connectivity index (χ1) is 5.77. The highest BCUT2D eigenvalue weighted by Crippen LogP contribution is 2.18. The van der Waals surface area contributed by atoms with E-state index in [1.54, 1.807) is 0 Å². The predicted octanol–water partition coefficient (Wildman–Crippen LogP) is 3.32. The fourth-order valence-corrected chi connectivity index (χ4v) is 1.29. The first-order valence-corrected chi connectivity index (χ1v) is 4.21. The van der Waals surface area contributed by atoms with Crippen molar-refractivity contribution >= 4 is 11.0 Å². The molecule has 0 atom stereocenters. The van der Waals surface area contributed by atoms with Crippen molar-refractivity contribution in [3.63, 3.8) is 0 Å². The van der Waals surface area contributed by atoms with E-state index in [9.17, 15) is 0 Å². The zero-order chi connectivity index (χ0) is 8.55. The number of H-pyrrole nitrogens is 1. The summed E-state index contributed by atoms with van der Waals surface area (Å²) in [7, 11) is 0. The van der Waals surface area contributed by atoms with E-state index in [1.165, 1.54) is 5.69 Å². The largest absolute Gasteiger partial charge is 0.357 e. The maximum atomic E-state index is 4.25. The van der Waals surface area contributed by atoms with Gasteiger partial charge in [-0.05, 0) is 24.1 Å². The predicted molar refractivity (Wildman–Crippen MR) is 56.9 cm³/mol. The molecule has 13 heavy (non-hydrogen) atoms. The van der Waals surface area contributed by atoms with Gasteiger partial charge in [0.1, 0.15) is 0 Å². The van der Waals surface area contributed by atoms with E-state index in [1.807, 2.05) is 18.3 Å². The number of fused-ring (bicyclic) bond motifs is 1. The summed E-state index contributed by atoms with van der Waals surface area (Å²) in [4.78, 5) is 7.59. The van der Waals surface area contributed by atoms with Gasteiger partial charge in [0, 0.05) is 11.9 Å². The molecule has 0 amide bonds. The molecular weight excluding hydrogens is 160 g/mol. The van der Waals surface area contributed by atoms with Gasteiger partial charge in [-0.3, -0.25) is 4.98 Å². The minimum atomic E-state index is 0. The van der Waals surface area contributed by atoms with Crippen LogP contribution in [0.15, 0.2) is 24.4 Å². The fourth-order valence-electron chi connectivity index (χ4n) is 1.29. The molecule has 0 aromatic carbocycles. The second kappa shape index (κ2) is 3.60. The SMILES string of the molecule is C.CC(C)c1cc2ncccc2[nH]1. The van der Waals surface area contributed by atoms with Crippen molar-refractivity contribution in [2.45, 2.75) is 27.2 Å². The second-order valence-electron chi connectivity index (χ2n) is 3.32. The zero-order valence-electron chi connectivity index (χ0n) is 7.33. The quantitative estimate of drug-likeness (QED) is 0.709. The summed E-state index contributed by atoms with van der Waals surface area (Å²) in [6.45, 7) is 4.34.